The maximum absolute atomic E-state index is 2.61. The Hall–Kier alpha value is -1.34. The van der Waals surface area contributed by atoms with Gasteiger partial charge in [0.05, 0.1) is 0 Å². The average Bonchev–Trinajstić information content (AvgIpc) is 2.50. The lowest BCUT2D eigenvalue weighted by atomic mass is 9.97. The predicted octanol–water partition coefficient (Wildman–Crippen LogP) is 5.20. The second-order valence-electron chi connectivity index (χ2n) is 6.03. The summed E-state index contributed by atoms with van der Waals surface area (Å²) >= 11 is 0. The lowest BCUT2D eigenvalue weighted by Gasteiger charge is -2.21. The second-order valence-corrected chi connectivity index (χ2v) is 6.03. The van der Waals surface area contributed by atoms with Gasteiger partial charge in [0.2, 0.25) is 0 Å². The van der Waals surface area contributed by atoms with Crippen molar-refractivity contribution in [3.63, 3.8) is 0 Å². The largest absolute Gasteiger partial charge is 0.303 e. The van der Waals surface area contributed by atoms with E-state index in [4.69, 9.17) is 0 Å². The van der Waals surface area contributed by atoms with Gasteiger partial charge in [0.15, 0.2) is 0 Å². The van der Waals surface area contributed by atoms with Crippen LogP contribution in [-0.4, -0.2) is 24.5 Å². The molecule has 1 heteroatoms. The highest BCUT2D eigenvalue weighted by molar-refractivity contribution is 5.88. The Bertz CT molecular complexity index is 553. The minimum atomic E-state index is 1.19. The predicted molar refractivity (Wildman–Crippen MR) is 94.0 cm³/mol. The van der Waals surface area contributed by atoms with Crippen LogP contribution in [0, 0.1) is 6.92 Å². The Morgan fingerprint density at radius 2 is 1.48 bits per heavy atom. The van der Waals surface area contributed by atoms with Gasteiger partial charge < -0.3 is 4.90 Å². The van der Waals surface area contributed by atoms with Crippen LogP contribution in [0.15, 0.2) is 36.4 Å². The minimum absolute atomic E-state index is 1.19. The monoisotopic (exact) mass is 283 g/mol. The van der Waals surface area contributed by atoms with Crippen molar-refractivity contribution in [2.24, 2.45) is 0 Å². The van der Waals surface area contributed by atoms with Crippen LogP contribution in [0.2, 0.25) is 0 Å². The summed E-state index contributed by atoms with van der Waals surface area (Å²) in [7, 11) is 0. The summed E-state index contributed by atoms with van der Waals surface area (Å²) in [4.78, 5) is 2.61. The molecule has 0 unspecified atom stereocenters. The summed E-state index contributed by atoms with van der Waals surface area (Å²) in [6.45, 7) is 10.5. The van der Waals surface area contributed by atoms with Crippen molar-refractivity contribution in [3.05, 3.63) is 47.5 Å². The van der Waals surface area contributed by atoms with Crippen LogP contribution in [0.25, 0.3) is 10.8 Å². The lowest BCUT2D eigenvalue weighted by Crippen LogP contribution is -2.26. The molecule has 21 heavy (non-hydrogen) atoms. The van der Waals surface area contributed by atoms with Crippen molar-refractivity contribution >= 4 is 10.8 Å². The van der Waals surface area contributed by atoms with Gasteiger partial charge in [-0.15, -0.1) is 0 Å². The van der Waals surface area contributed by atoms with E-state index in [1.54, 1.807) is 0 Å². The maximum atomic E-state index is 2.61. The lowest BCUT2D eigenvalue weighted by molar-refractivity contribution is 0.271. The van der Waals surface area contributed by atoms with Gasteiger partial charge >= 0.3 is 0 Å². The summed E-state index contributed by atoms with van der Waals surface area (Å²) in [6, 6.07) is 13.4. The Morgan fingerprint density at radius 1 is 0.810 bits per heavy atom. The minimum Gasteiger partial charge on any atom is -0.303 e. The van der Waals surface area contributed by atoms with Crippen LogP contribution in [0.5, 0.6) is 0 Å². The van der Waals surface area contributed by atoms with Crippen LogP contribution >= 0.6 is 0 Å². The van der Waals surface area contributed by atoms with E-state index >= 15 is 0 Å². The highest BCUT2D eigenvalue weighted by atomic mass is 15.1. The summed E-state index contributed by atoms with van der Waals surface area (Å²) in [5.74, 6) is 0. The zero-order chi connectivity index (χ0) is 15.1. The van der Waals surface area contributed by atoms with Crippen molar-refractivity contribution in [1.29, 1.82) is 0 Å². The van der Waals surface area contributed by atoms with E-state index in [9.17, 15) is 0 Å². The van der Waals surface area contributed by atoms with Crippen LogP contribution in [0.4, 0.5) is 0 Å². The summed E-state index contributed by atoms with van der Waals surface area (Å²) < 4.78 is 0. The Kier molecular flexibility index (Phi) is 6.25. The maximum Gasteiger partial charge on any atom is -0.00156 e. The van der Waals surface area contributed by atoms with Gasteiger partial charge in [-0.25, -0.2) is 0 Å². The first-order chi connectivity index (χ1) is 10.3. The van der Waals surface area contributed by atoms with Gasteiger partial charge in [-0.1, -0.05) is 50.2 Å². The molecule has 0 aliphatic carbocycles. The first-order valence-corrected chi connectivity index (χ1v) is 8.45. The third-order valence-corrected chi connectivity index (χ3v) is 4.23. The highest BCUT2D eigenvalue weighted by Gasteiger charge is 2.05. The fraction of sp³-hybridized carbons (Fsp3) is 0.500. The van der Waals surface area contributed by atoms with Gasteiger partial charge in [-0.3, -0.25) is 0 Å². The molecule has 114 valence electrons. The first-order valence-electron chi connectivity index (χ1n) is 8.45. The number of rotatable bonds is 8. The summed E-state index contributed by atoms with van der Waals surface area (Å²) in [6.07, 6.45) is 4.96. The molecule has 0 aliphatic heterocycles. The average molecular weight is 283 g/mol. The van der Waals surface area contributed by atoms with Crippen molar-refractivity contribution < 1.29 is 0 Å². The summed E-state index contributed by atoms with van der Waals surface area (Å²) in [5.41, 5.74) is 2.89. The quantitative estimate of drug-likeness (QED) is 0.643. The topological polar surface area (TPSA) is 3.24 Å². The third kappa shape index (κ3) is 4.31. The molecule has 0 N–H and O–H groups in total. The smallest absolute Gasteiger partial charge is 0.00156 e. The molecule has 0 amide bonds. The van der Waals surface area contributed by atoms with Gasteiger partial charge in [-0.2, -0.15) is 0 Å². The Balaban J connectivity index is 2.02. The zero-order valence-electron chi connectivity index (χ0n) is 13.9. The molecule has 2 aromatic carbocycles. The molecule has 0 radical (unpaired) electrons. The number of hydrogen-bond donors (Lipinski definition) is 0. The molecule has 1 nitrogen and oxygen atoms in total. The van der Waals surface area contributed by atoms with Gasteiger partial charge in [0, 0.05) is 0 Å². The normalized spacial score (nSPS) is 11.4. The number of benzene rings is 2. The van der Waals surface area contributed by atoms with Crippen molar-refractivity contribution in [1.82, 2.24) is 4.90 Å². The molecule has 0 aliphatic rings. The molecule has 0 heterocycles. The molecule has 0 fully saturated rings. The third-order valence-electron chi connectivity index (χ3n) is 4.23. The van der Waals surface area contributed by atoms with E-state index in [1.807, 2.05) is 0 Å². The second kappa shape index (κ2) is 8.19. The fourth-order valence-corrected chi connectivity index (χ4v) is 3.19. The SMILES string of the molecule is CCCN(CCC)CCCc1ccc(C)c2ccccc12. The standard InChI is InChI=1S/C20H29N/c1-4-14-21(15-5-2)16-8-9-18-13-12-17(3)19-10-6-7-11-20(18)19/h6-7,10-13H,4-5,8-9,14-16H2,1-3H3. The molecular formula is C20H29N. The first kappa shape index (κ1) is 16.0. The van der Waals surface area contributed by atoms with Gasteiger partial charge in [0.1, 0.15) is 0 Å². The van der Waals surface area contributed by atoms with Crippen molar-refractivity contribution in [2.45, 2.75) is 46.5 Å². The molecule has 0 saturated carbocycles. The number of hydrogen-bond acceptors (Lipinski definition) is 1. The number of nitrogens with zero attached hydrogens (tertiary/aromatic N) is 1. The molecular weight excluding hydrogens is 254 g/mol. The molecule has 0 saturated heterocycles. The highest BCUT2D eigenvalue weighted by Crippen LogP contribution is 2.23. The van der Waals surface area contributed by atoms with Crippen LogP contribution in [0.1, 0.15) is 44.2 Å². The van der Waals surface area contributed by atoms with Crippen LogP contribution in [-0.2, 0) is 6.42 Å². The molecule has 2 rings (SSSR count). The number of fused-ring (bicyclic) bond motifs is 1. The van der Waals surface area contributed by atoms with Gasteiger partial charge in [0.25, 0.3) is 0 Å². The van der Waals surface area contributed by atoms with E-state index in [2.05, 4.69) is 62.1 Å². The zero-order valence-corrected chi connectivity index (χ0v) is 13.9. The van der Waals surface area contributed by atoms with Crippen molar-refractivity contribution in [3.8, 4) is 0 Å². The molecule has 0 aromatic heterocycles. The Morgan fingerprint density at radius 3 is 2.14 bits per heavy atom. The molecule has 0 spiro atoms. The van der Waals surface area contributed by atoms with E-state index in [-0.39, 0.29) is 0 Å². The Labute approximate surface area is 130 Å². The molecule has 0 atom stereocenters. The van der Waals surface area contributed by atoms with Gasteiger partial charge in [-0.05, 0) is 74.1 Å². The number of aryl methyl sites for hydroxylation is 2. The fourth-order valence-electron chi connectivity index (χ4n) is 3.19. The van der Waals surface area contributed by atoms with E-state index in [0.717, 1.165) is 0 Å². The molecule has 0 bridgehead atoms. The molecule has 2 aromatic rings. The van der Waals surface area contributed by atoms with Crippen LogP contribution < -0.4 is 0 Å². The van der Waals surface area contributed by atoms with E-state index in [1.165, 1.54) is 67.2 Å². The van der Waals surface area contributed by atoms with Crippen LogP contribution in [0.3, 0.4) is 0 Å². The summed E-state index contributed by atoms with van der Waals surface area (Å²) in [5, 5.41) is 2.85. The van der Waals surface area contributed by atoms with E-state index in [0.29, 0.717) is 0 Å². The van der Waals surface area contributed by atoms with Crippen molar-refractivity contribution in [2.75, 3.05) is 19.6 Å². The van der Waals surface area contributed by atoms with E-state index < -0.39 is 0 Å².